The van der Waals surface area contributed by atoms with Gasteiger partial charge in [0.1, 0.15) is 16.6 Å². The van der Waals surface area contributed by atoms with Gasteiger partial charge in [0.2, 0.25) is 5.95 Å². The molecule has 3 atom stereocenters. The average molecular weight is 511 g/mol. The van der Waals surface area contributed by atoms with E-state index in [0.29, 0.717) is 23.9 Å². The van der Waals surface area contributed by atoms with Crippen molar-refractivity contribution in [3.8, 4) is 11.8 Å². The highest BCUT2D eigenvalue weighted by atomic mass is 32.1. The predicted molar refractivity (Wildman–Crippen MR) is 125 cm³/mol. The minimum absolute atomic E-state index is 0.0483. The van der Waals surface area contributed by atoms with Crippen LogP contribution in [-0.2, 0) is 6.18 Å². The van der Waals surface area contributed by atoms with Crippen molar-refractivity contribution < 1.29 is 22.3 Å². The van der Waals surface area contributed by atoms with Crippen LogP contribution in [0.5, 0.6) is 11.8 Å². The van der Waals surface area contributed by atoms with Crippen LogP contribution in [-0.4, -0.2) is 38.3 Å². The quantitative estimate of drug-likeness (QED) is 0.417. The fraction of sp³-hybridized carbons (Fsp3) is 0.522. The molecule has 2 bridgehead atoms. The number of anilines is 2. The summed E-state index contributed by atoms with van der Waals surface area (Å²) in [6, 6.07) is 4.73. The summed E-state index contributed by atoms with van der Waals surface area (Å²) >= 11 is 1.52. The summed E-state index contributed by atoms with van der Waals surface area (Å²) in [7, 11) is 0. The Kier molecular flexibility index (Phi) is 6.10. The summed E-state index contributed by atoms with van der Waals surface area (Å²) in [5, 5.41) is 9.17. The molecule has 0 spiro atoms. The monoisotopic (exact) mass is 510 g/mol. The predicted octanol–water partition coefficient (Wildman–Crippen LogP) is 5.90. The van der Waals surface area contributed by atoms with E-state index in [0.717, 1.165) is 43.8 Å². The van der Waals surface area contributed by atoms with Crippen molar-refractivity contribution in [2.24, 2.45) is 11.8 Å². The van der Waals surface area contributed by atoms with E-state index in [4.69, 9.17) is 4.74 Å². The van der Waals surface area contributed by atoms with Crippen LogP contribution in [0.15, 0.2) is 24.3 Å². The number of hydrogen-bond acceptors (Lipinski definition) is 7. The van der Waals surface area contributed by atoms with Gasteiger partial charge in [0, 0.05) is 19.1 Å². The molecule has 3 aromatic rings. The van der Waals surface area contributed by atoms with Crippen LogP contribution in [0.25, 0.3) is 0 Å². The maximum atomic E-state index is 13.7. The summed E-state index contributed by atoms with van der Waals surface area (Å²) in [6.07, 6.45) is -2.63. The van der Waals surface area contributed by atoms with Gasteiger partial charge in [-0.1, -0.05) is 0 Å². The van der Waals surface area contributed by atoms with Crippen molar-refractivity contribution in [3.63, 3.8) is 0 Å². The topological polar surface area (TPSA) is 68.1 Å². The van der Waals surface area contributed by atoms with Crippen LogP contribution in [0.4, 0.5) is 28.5 Å². The molecule has 5 rings (SSSR count). The van der Waals surface area contributed by atoms with Crippen LogP contribution < -0.4 is 15.0 Å². The highest BCUT2D eigenvalue weighted by Gasteiger charge is 2.43. The first-order valence-corrected chi connectivity index (χ1v) is 12.3. The van der Waals surface area contributed by atoms with E-state index >= 15 is 0 Å². The third kappa shape index (κ3) is 4.80. The van der Waals surface area contributed by atoms with Crippen molar-refractivity contribution >= 4 is 22.5 Å². The fourth-order valence-electron chi connectivity index (χ4n) is 4.95. The number of piperidine rings is 1. The number of fused-ring (bicyclic) bond motifs is 2. The molecule has 1 aliphatic carbocycles. The Hall–Kier alpha value is -2.89. The van der Waals surface area contributed by atoms with Gasteiger partial charge >= 0.3 is 12.2 Å². The van der Waals surface area contributed by atoms with Gasteiger partial charge in [0.25, 0.3) is 0 Å². The molecule has 7 nitrogen and oxygen atoms in total. The van der Waals surface area contributed by atoms with Gasteiger partial charge in [-0.3, -0.25) is 0 Å². The van der Waals surface area contributed by atoms with Gasteiger partial charge in [-0.2, -0.15) is 22.5 Å². The SMILES string of the molecule is Cc1cc(N2C[C@H]3CC[C@@H](C2)C3Nc2nc(Oc3ccc(F)c(C(F)(F)F)c3)n(C(C)C)n2)sn1. The maximum Gasteiger partial charge on any atom is 0.419 e. The molecule has 35 heavy (non-hydrogen) atoms. The molecule has 1 N–H and O–H groups in total. The third-order valence-electron chi connectivity index (χ3n) is 6.60. The van der Waals surface area contributed by atoms with Crippen LogP contribution in [0, 0.1) is 24.6 Å². The lowest BCUT2D eigenvalue weighted by Gasteiger charge is -2.38. The Bertz CT molecular complexity index is 1200. The number of hydrogen-bond donors (Lipinski definition) is 1. The first-order valence-electron chi connectivity index (χ1n) is 11.5. The molecule has 1 aromatic carbocycles. The van der Waals surface area contributed by atoms with Gasteiger partial charge in [-0.05, 0) is 81.2 Å². The zero-order chi connectivity index (χ0) is 24.9. The zero-order valence-electron chi connectivity index (χ0n) is 19.5. The second-order valence-electron chi connectivity index (χ2n) is 9.48. The van der Waals surface area contributed by atoms with Crippen LogP contribution in [0.2, 0.25) is 0 Å². The first kappa shape index (κ1) is 23.8. The van der Waals surface area contributed by atoms with Gasteiger partial charge in [-0.25, -0.2) is 9.07 Å². The minimum atomic E-state index is -4.83. The summed E-state index contributed by atoms with van der Waals surface area (Å²) < 4.78 is 64.6. The smallest absolute Gasteiger partial charge is 0.419 e. The second kappa shape index (κ2) is 8.96. The number of alkyl halides is 3. The molecule has 1 saturated heterocycles. The van der Waals surface area contributed by atoms with Gasteiger partial charge in [-0.15, -0.1) is 5.10 Å². The second-order valence-corrected chi connectivity index (χ2v) is 10.3. The summed E-state index contributed by atoms with van der Waals surface area (Å²) in [6.45, 7) is 7.57. The van der Waals surface area contributed by atoms with Crippen LogP contribution in [0.3, 0.4) is 0 Å². The lowest BCUT2D eigenvalue weighted by Crippen LogP contribution is -2.48. The molecule has 2 aliphatic rings. The minimum Gasteiger partial charge on any atom is -0.424 e. The Labute approximate surface area is 204 Å². The van der Waals surface area contributed by atoms with E-state index in [1.165, 1.54) is 21.2 Å². The van der Waals surface area contributed by atoms with Crippen molar-refractivity contribution in [1.82, 2.24) is 19.1 Å². The number of nitrogens with zero attached hydrogens (tertiary/aromatic N) is 5. The molecule has 1 unspecified atom stereocenters. The molecule has 1 saturated carbocycles. The van der Waals surface area contributed by atoms with E-state index < -0.39 is 17.6 Å². The standard InChI is InChI=1S/C23H26F4N6OS/c1-12(2)33-22(34-16-6-7-18(24)17(9-16)23(25,26)27)29-21(30-33)28-20-14-4-5-15(20)11-32(10-14)19-8-13(3)31-35-19/h6-9,12,14-15,20H,4-5,10-11H2,1-3H3,(H,28,30)/t14-,15+,20?. The maximum absolute atomic E-state index is 13.7. The lowest BCUT2D eigenvalue weighted by molar-refractivity contribution is -0.140. The number of aryl methyl sites for hydroxylation is 1. The fourth-order valence-corrected chi connectivity index (χ4v) is 5.73. The summed E-state index contributed by atoms with van der Waals surface area (Å²) in [5.74, 6) is -0.313. The van der Waals surface area contributed by atoms with Crippen molar-refractivity contribution in [2.45, 2.75) is 51.9 Å². The van der Waals surface area contributed by atoms with Crippen molar-refractivity contribution in [2.75, 3.05) is 23.3 Å². The molecule has 188 valence electrons. The molecule has 3 heterocycles. The number of rotatable bonds is 6. The lowest BCUT2D eigenvalue weighted by atomic mass is 9.92. The average Bonchev–Trinajstić information content (AvgIpc) is 3.45. The molecule has 2 fully saturated rings. The normalized spacial score (nSPS) is 22.2. The molecule has 1 aliphatic heterocycles. The van der Waals surface area contributed by atoms with Crippen molar-refractivity contribution in [1.29, 1.82) is 0 Å². The van der Waals surface area contributed by atoms with Gasteiger partial charge < -0.3 is 15.0 Å². The Morgan fingerprint density at radius 2 is 1.86 bits per heavy atom. The number of nitrogens with one attached hydrogen (secondary N) is 1. The Balaban J connectivity index is 1.34. The van der Waals surface area contributed by atoms with Gasteiger partial charge in [0.15, 0.2) is 0 Å². The largest absolute Gasteiger partial charge is 0.424 e. The van der Waals surface area contributed by atoms with Gasteiger partial charge in [0.05, 0.1) is 17.3 Å². The van der Waals surface area contributed by atoms with Crippen LogP contribution in [0.1, 0.15) is 44.0 Å². The first-order chi connectivity index (χ1) is 16.6. The molecule has 0 radical (unpaired) electrons. The zero-order valence-corrected chi connectivity index (χ0v) is 20.3. The van der Waals surface area contributed by atoms with Crippen molar-refractivity contribution in [3.05, 3.63) is 41.3 Å². The molecule has 12 heteroatoms. The molecular weight excluding hydrogens is 484 g/mol. The third-order valence-corrected chi connectivity index (χ3v) is 7.54. The molecule has 0 amide bonds. The summed E-state index contributed by atoms with van der Waals surface area (Å²) in [4.78, 5) is 6.83. The van der Waals surface area contributed by atoms with Crippen LogP contribution >= 0.6 is 11.5 Å². The number of halogens is 4. The number of aromatic nitrogens is 4. The molecule has 2 aromatic heterocycles. The van der Waals surface area contributed by atoms with E-state index in [1.807, 2.05) is 20.8 Å². The Morgan fingerprint density at radius 1 is 1.14 bits per heavy atom. The van der Waals surface area contributed by atoms with E-state index in [2.05, 4.69) is 30.7 Å². The molecular formula is C23H26F4N6OS. The highest BCUT2D eigenvalue weighted by Crippen LogP contribution is 2.41. The van der Waals surface area contributed by atoms with E-state index in [-0.39, 0.29) is 23.8 Å². The number of ether oxygens (including phenoxy) is 1. The Morgan fingerprint density at radius 3 is 2.46 bits per heavy atom. The highest BCUT2D eigenvalue weighted by molar-refractivity contribution is 7.10. The number of benzene rings is 1. The van der Waals surface area contributed by atoms with E-state index in [9.17, 15) is 17.6 Å². The van der Waals surface area contributed by atoms with E-state index in [1.54, 1.807) is 0 Å². The summed E-state index contributed by atoms with van der Waals surface area (Å²) in [5.41, 5.74) is -0.361.